The van der Waals surface area contributed by atoms with Gasteiger partial charge >= 0.3 is 0 Å². The van der Waals surface area contributed by atoms with Crippen LogP contribution in [-0.2, 0) is 16.4 Å². The van der Waals surface area contributed by atoms with E-state index in [1.807, 2.05) is 20.9 Å². The van der Waals surface area contributed by atoms with Crippen molar-refractivity contribution in [3.63, 3.8) is 0 Å². The number of nitrogens with one attached hydrogen (secondary N) is 1. The molecule has 1 saturated heterocycles. The maximum absolute atomic E-state index is 12.5. The minimum Gasteiger partial charge on any atom is -0.332 e. The summed E-state index contributed by atoms with van der Waals surface area (Å²) in [5, 5.41) is 0.204. The predicted molar refractivity (Wildman–Crippen MR) is 68.8 cm³/mol. The highest BCUT2D eigenvalue weighted by molar-refractivity contribution is 7.89. The van der Waals surface area contributed by atoms with Crippen molar-refractivity contribution in [1.82, 2.24) is 19.2 Å². The molecular weight excluding hydrogens is 252 g/mol. The Morgan fingerprint density at radius 1 is 1.50 bits per heavy atom. The first-order valence-electron chi connectivity index (χ1n) is 6.19. The average Bonchev–Trinajstić information content (AvgIpc) is 2.77. The van der Waals surface area contributed by atoms with Gasteiger partial charge in [-0.25, -0.2) is 13.4 Å². The van der Waals surface area contributed by atoms with E-state index in [9.17, 15) is 8.42 Å². The number of H-pyrrole nitrogens is 1. The lowest BCUT2D eigenvalue weighted by Gasteiger charge is -2.36. The first kappa shape index (κ1) is 13.5. The number of hydrogen-bond donors (Lipinski definition) is 1. The number of rotatable bonds is 3. The van der Waals surface area contributed by atoms with Crippen molar-refractivity contribution in [2.45, 2.75) is 31.3 Å². The van der Waals surface area contributed by atoms with Crippen molar-refractivity contribution in [3.05, 3.63) is 12.0 Å². The van der Waals surface area contributed by atoms with E-state index < -0.39 is 10.0 Å². The molecule has 1 N–H and O–H groups in total. The molecule has 0 bridgehead atoms. The van der Waals surface area contributed by atoms with Crippen LogP contribution in [0.15, 0.2) is 11.2 Å². The van der Waals surface area contributed by atoms with Gasteiger partial charge in [-0.1, -0.05) is 6.92 Å². The molecule has 0 radical (unpaired) electrons. The topological polar surface area (TPSA) is 69.3 Å². The summed E-state index contributed by atoms with van der Waals surface area (Å²) in [6.45, 7) is 5.92. The van der Waals surface area contributed by atoms with Crippen LogP contribution in [0.5, 0.6) is 0 Å². The van der Waals surface area contributed by atoms with Gasteiger partial charge in [-0.05, 0) is 14.0 Å². The summed E-state index contributed by atoms with van der Waals surface area (Å²) < 4.78 is 26.5. The number of aryl methyl sites for hydroxylation is 1. The first-order chi connectivity index (χ1) is 8.45. The zero-order valence-electron chi connectivity index (χ0n) is 11.0. The number of likely N-dealkylation sites (N-methyl/N-ethyl adjacent to an activating group) is 1. The van der Waals surface area contributed by atoms with E-state index in [-0.39, 0.29) is 11.1 Å². The second-order valence-electron chi connectivity index (χ2n) is 4.77. The highest BCUT2D eigenvalue weighted by Crippen LogP contribution is 2.19. The van der Waals surface area contributed by atoms with Crippen molar-refractivity contribution in [1.29, 1.82) is 0 Å². The fraction of sp³-hybridized carbons (Fsp3) is 0.727. The molecule has 2 heterocycles. The Morgan fingerprint density at radius 2 is 2.22 bits per heavy atom. The standard InChI is InChI=1S/C11H20N4O2S/c1-4-10-12-7-11(13-10)18(16,17)15-6-5-14(3)8-9(15)2/h7,9H,4-6,8H2,1-3H3,(H,12,13). The number of aromatic amines is 1. The molecule has 0 saturated carbocycles. The van der Waals surface area contributed by atoms with Gasteiger partial charge in [-0.2, -0.15) is 4.31 Å². The molecule has 0 amide bonds. The van der Waals surface area contributed by atoms with Crippen LogP contribution in [0.1, 0.15) is 19.7 Å². The van der Waals surface area contributed by atoms with E-state index in [0.717, 1.165) is 13.1 Å². The molecule has 2 rings (SSSR count). The minimum atomic E-state index is -3.44. The minimum absolute atomic E-state index is 0.0119. The number of nitrogens with zero attached hydrogens (tertiary/aromatic N) is 3. The van der Waals surface area contributed by atoms with E-state index >= 15 is 0 Å². The van der Waals surface area contributed by atoms with Gasteiger partial charge in [0, 0.05) is 32.1 Å². The van der Waals surface area contributed by atoms with E-state index in [1.165, 1.54) is 6.20 Å². The summed E-state index contributed by atoms with van der Waals surface area (Å²) in [7, 11) is -1.43. The van der Waals surface area contributed by atoms with Gasteiger partial charge in [0.1, 0.15) is 5.82 Å². The molecular formula is C11H20N4O2S. The molecule has 1 aromatic heterocycles. The summed E-state index contributed by atoms with van der Waals surface area (Å²) in [5.74, 6) is 0.704. The number of imidazole rings is 1. The molecule has 1 atom stereocenters. The number of sulfonamides is 1. The molecule has 1 unspecified atom stereocenters. The lowest BCUT2D eigenvalue weighted by atomic mass is 10.2. The molecule has 1 aliphatic rings. The van der Waals surface area contributed by atoms with Crippen LogP contribution in [-0.4, -0.2) is 60.3 Å². The van der Waals surface area contributed by atoms with Crippen LogP contribution in [0.25, 0.3) is 0 Å². The van der Waals surface area contributed by atoms with Crippen LogP contribution >= 0.6 is 0 Å². The highest BCUT2D eigenvalue weighted by Gasteiger charge is 2.33. The summed E-state index contributed by atoms with van der Waals surface area (Å²) in [5.41, 5.74) is 0. The molecule has 0 aromatic carbocycles. The molecule has 18 heavy (non-hydrogen) atoms. The molecule has 102 valence electrons. The third-order valence-corrected chi connectivity index (χ3v) is 5.22. The van der Waals surface area contributed by atoms with Crippen molar-refractivity contribution >= 4 is 10.0 Å². The maximum Gasteiger partial charge on any atom is 0.260 e. The molecule has 0 aliphatic carbocycles. The lowest BCUT2D eigenvalue weighted by molar-refractivity contribution is 0.170. The summed E-state index contributed by atoms with van der Waals surface area (Å²) >= 11 is 0. The second-order valence-corrected chi connectivity index (χ2v) is 6.63. The Hall–Kier alpha value is -0.920. The Morgan fingerprint density at radius 3 is 2.78 bits per heavy atom. The quantitative estimate of drug-likeness (QED) is 0.859. The number of hydrogen-bond acceptors (Lipinski definition) is 4. The van der Waals surface area contributed by atoms with Crippen molar-refractivity contribution in [2.24, 2.45) is 0 Å². The van der Waals surface area contributed by atoms with E-state index in [1.54, 1.807) is 4.31 Å². The van der Waals surface area contributed by atoms with Crippen LogP contribution in [0.3, 0.4) is 0 Å². The Bertz CT molecular complexity index is 511. The third-order valence-electron chi connectivity index (χ3n) is 3.30. The molecule has 1 aromatic rings. The Balaban J connectivity index is 2.25. The van der Waals surface area contributed by atoms with Crippen LogP contribution in [0, 0.1) is 0 Å². The summed E-state index contributed by atoms with van der Waals surface area (Å²) in [6, 6.07) is -0.0119. The van der Waals surface area contributed by atoms with Crippen LogP contribution in [0.2, 0.25) is 0 Å². The summed E-state index contributed by atoms with van der Waals surface area (Å²) in [4.78, 5) is 9.08. The molecule has 6 nitrogen and oxygen atoms in total. The zero-order valence-corrected chi connectivity index (χ0v) is 11.9. The summed E-state index contributed by atoms with van der Waals surface area (Å²) in [6.07, 6.45) is 2.12. The van der Waals surface area contributed by atoms with Gasteiger partial charge in [-0.3, -0.25) is 0 Å². The van der Waals surface area contributed by atoms with Gasteiger partial charge < -0.3 is 9.88 Å². The fourth-order valence-electron chi connectivity index (χ4n) is 2.26. The Labute approximate surface area is 108 Å². The zero-order chi connectivity index (χ0) is 13.3. The second kappa shape index (κ2) is 4.99. The molecule has 0 spiro atoms. The van der Waals surface area contributed by atoms with E-state index in [4.69, 9.17) is 0 Å². The molecule has 1 fully saturated rings. The van der Waals surface area contributed by atoms with Crippen LogP contribution in [0.4, 0.5) is 0 Å². The van der Waals surface area contributed by atoms with Gasteiger partial charge in [0.25, 0.3) is 10.0 Å². The SMILES string of the molecule is CCc1ncc(S(=O)(=O)N2CCN(C)CC2C)[nH]1. The van der Waals surface area contributed by atoms with Gasteiger partial charge in [0.2, 0.25) is 0 Å². The molecule has 7 heteroatoms. The highest BCUT2D eigenvalue weighted by atomic mass is 32.2. The van der Waals surface area contributed by atoms with Crippen molar-refractivity contribution in [2.75, 3.05) is 26.7 Å². The number of aromatic nitrogens is 2. The largest absolute Gasteiger partial charge is 0.332 e. The maximum atomic E-state index is 12.5. The van der Waals surface area contributed by atoms with Crippen molar-refractivity contribution in [3.8, 4) is 0 Å². The predicted octanol–water partition coefficient (Wildman–Crippen LogP) is 0.297. The normalized spacial score (nSPS) is 23.4. The lowest BCUT2D eigenvalue weighted by Crippen LogP contribution is -2.52. The first-order valence-corrected chi connectivity index (χ1v) is 7.63. The third kappa shape index (κ3) is 2.43. The monoisotopic (exact) mass is 272 g/mol. The van der Waals surface area contributed by atoms with Gasteiger partial charge in [0.05, 0.1) is 6.20 Å². The average molecular weight is 272 g/mol. The smallest absolute Gasteiger partial charge is 0.260 e. The fourth-order valence-corrected chi connectivity index (χ4v) is 3.81. The van der Waals surface area contributed by atoms with E-state index in [2.05, 4.69) is 14.9 Å². The van der Waals surface area contributed by atoms with Gasteiger partial charge in [0.15, 0.2) is 5.03 Å². The molecule has 1 aliphatic heterocycles. The van der Waals surface area contributed by atoms with Crippen molar-refractivity contribution < 1.29 is 8.42 Å². The van der Waals surface area contributed by atoms with E-state index in [0.29, 0.717) is 18.8 Å². The van der Waals surface area contributed by atoms with Gasteiger partial charge in [-0.15, -0.1) is 0 Å². The number of piperazine rings is 1. The Kier molecular flexibility index (Phi) is 3.74. The van der Waals surface area contributed by atoms with Crippen LogP contribution < -0.4 is 0 Å².